The molecular formula is C18H15BrN2OS. The third kappa shape index (κ3) is 4.27. The monoisotopic (exact) mass is 386 g/mol. The van der Waals surface area contributed by atoms with Gasteiger partial charge in [0, 0.05) is 21.1 Å². The lowest BCUT2D eigenvalue weighted by Crippen LogP contribution is -2.14. The number of hydrogen-bond acceptors (Lipinski definition) is 3. The highest BCUT2D eigenvalue weighted by atomic mass is 79.9. The SMILES string of the molecule is Cc1ccc(-c2nc(CC(=O)Nc3ccc(Br)cc3)cs2)cc1. The molecule has 0 aliphatic rings. The van der Waals surface area contributed by atoms with Gasteiger partial charge in [-0.3, -0.25) is 4.79 Å². The van der Waals surface area contributed by atoms with Crippen molar-refractivity contribution >= 4 is 38.9 Å². The van der Waals surface area contributed by atoms with Crippen LogP contribution in [0, 0.1) is 6.92 Å². The zero-order valence-electron chi connectivity index (χ0n) is 12.5. The van der Waals surface area contributed by atoms with Crippen molar-refractivity contribution in [2.45, 2.75) is 13.3 Å². The molecule has 0 bridgehead atoms. The number of carbonyl (C=O) groups is 1. The number of aryl methyl sites for hydroxylation is 1. The first-order valence-electron chi connectivity index (χ1n) is 7.17. The number of amides is 1. The fourth-order valence-electron chi connectivity index (χ4n) is 2.12. The van der Waals surface area contributed by atoms with Gasteiger partial charge in [0.25, 0.3) is 0 Å². The van der Waals surface area contributed by atoms with E-state index in [4.69, 9.17) is 0 Å². The summed E-state index contributed by atoms with van der Waals surface area (Å²) in [5.41, 5.74) is 3.88. The van der Waals surface area contributed by atoms with E-state index in [0.29, 0.717) is 0 Å². The Bertz CT molecular complexity index is 810. The molecule has 0 spiro atoms. The summed E-state index contributed by atoms with van der Waals surface area (Å²) in [6.45, 7) is 2.06. The number of anilines is 1. The Balaban J connectivity index is 1.65. The second-order valence-electron chi connectivity index (χ2n) is 5.24. The molecule has 0 aliphatic heterocycles. The van der Waals surface area contributed by atoms with Crippen molar-refractivity contribution < 1.29 is 4.79 Å². The number of aromatic nitrogens is 1. The molecule has 23 heavy (non-hydrogen) atoms. The summed E-state index contributed by atoms with van der Waals surface area (Å²) in [5, 5.41) is 5.76. The highest BCUT2D eigenvalue weighted by Gasteiger charge is 2.09. The summed E-state index contributed by atoms with van der Waals surface area (Å²) >= 11 is 4.93. The molecule has 1 heterocycles. The van der Waals surface area contributed by atoms with Crippen molar-refractivity contribution in [1.82, 2.24) is 4.98 Å². The number of rotatable bonds is 4. The molecule has 5 heteroatoms. The zero-order chi connectivity index (χ0) is 16.2. The normalized spacial score (nSPS) is 10.5. The van der Waals surface area contributed by atoms with E-state index in [1.165, 1.54) is 5.56 Å². The van der Waals surface area contributed by atoms with E-state index < -0.39 is 0 Å². The Morgan fingerprint density at radius 1 is 1.13 bits per heavy atom. The van der Waals surface area contributed by atoms with Crippen LogP contribution in [0.15, 0.2) is 58.4 Å². The predicted molar refractivity (Wildman–Crippen MR) is 98.8 cm³/mol. The van der Waals surface area contributed by atoms with Gasteiger partial charge in [-0.1, -0.05) is 45.8 Å². The minimum absolute atomic E-state index is 0.0620. The lowest BCUT2D eigenvalue weighted by atomic mass is 10.2. The molecule has 1 amide bonds. The Morgan fingerprint density at radius 3 is 2.52 bits per heavy atom. The Hall–Kier alpha value is -1.98. The Morgan fingerprint density at radius 2 is 1.83 bits per heavy atom. The van der Waals surface area contributed by atoms with Crippen LogP contribution in [0.2, 0.25) is 0 Å². The highest BCUT2D eigenvalue weighted by Crippen LogP contribution is 2.24. The summed E-state index contributed by atoms with van der Waals surface area (Å²) in [6.07, 6.45) is 0.276. The molecule has 2 aromatic carbocycles. The van der Waals surface area contributed by atoms with Crippen LogP contribution < -0.4 is 5.32 Å². The lowest BCUT2D eigenvalue weighted by molar-refractivity contribution is -0.115. The van der Waals surface area contributed by atoms with Crippen molar-refractivity contribution in [1.29, 1.82) is 0 Å². The minimum atomic E-state index is -0.0620. The fourth-order valence-corrected chi connectivity index (χ4v) is 3.21. The van der Waals surface area contributed by atoms with Crippen LogP contribution in [0.1, 0.15) is 11.3 Å². The highest BCUT2D eigenvalue weighted by molar-refractivity contribution is 9.10. The predicted octanol–water partition coefficient (Wildman–Crippen LogP) is 5.06. The van der Waals surface area contributed by atoms with Crippen molar-refractivity contribution in [3.63, 3.8) is 0 Å². The maximum atomic E-state index is 12.1. The van der Waals surface area contributed by atoms with Crippen molar-refractivity contribution in [3.05, 3.63) is 69.6 Å². The average Bonchev–Trinajstić information content (AvgIpc) is 2.98. The number of halogens is 1. The van der Waals surface area contributed by atoms with E-state index in [1.54, 1.807) is 11.3 Å². The molecular weight excluding hydrogens is 372 g/mol. The Labute approximate surface area is 147 Å². The van der Waals surface area contributed by atoms with Gasteiger partial charge in [0.15, 0.2) is 0 Å². The summed E-state index contributed by atoms with van der Waals surface area (Å²) in [5.74, 6) is -0.0620. The van der Waals surface area contributed by atoms with Crippen LogP contribution in [-0.4, -0.2) is 10.9 Å². The molecule has 0 saturated carbocycles. The minimum Gasteiger partial charge on any atom is -0.326 e. The third-order valence-electron chi connectivity index (χ3n) is 3.32. The molecule has 0 atom stereocenters. The molecule has 3 nitrogen and oxygen atoms in total. The number of thiazole rings is 1. The number of nitrogens with one attached hydrogen (secondary N) is 1. The number of benzene rings is 2. The number of hydrogen-bond donors (Lipinski definition) is 1. The van der Waals surface area contributed by atoms with Crippen LogP contribution in [0.5, 0.6) is 0 Å². The fraction of sp³-hybridized carbons (Fsp3) is 0.111. The first kappa shape index (κ1) is 15.9. The van der Waals surface area contributed by atoms with Crippen molar-refractivity contribution in [2.75, 3.05) is 5.32 Å². The smallest absolute Gasteiger partial charge is 0.230 e. The molecule has 1 aromatic heterocycles. The molecule has 0 aliphatic carbocycles. The molecule has 116 valence electrons. The van der Waals surface area contributed by atoms with E-state index in [0.717, 1.165) is 26.4 Å². The van der Waals surface area contributed by atoms with Gasteiger partial charge in [0.2, 0.25) is 5.91 Å². The third-order valence-corrected chi connectivity index (χ3v) is 4.79. The first-order valence-corrected chi connectivity index (χ1v) is 8.84. The molecule has 0 radical (unpaired) electrons. The first-order chi connectivity index (χ1) is 11.1. The van der Waals surface area contributed by atoms with E-state index in [2.05, 4.69) is 57.4 Å². The molecule has 0 saturated heterocycles. The largest absolute Gasteiger partial charge is 0.326 e. The zero-order valence-corrected chi connectivity index (χ0v) is 14.9. The topological polar surface area (TPSA) is 42.0 Å². The van der Waals surface area contributed by atoms with E-state index in [-0.39, 0.29) is 12.3 Å². The summed E-state index contributed by atoms with van der Waals surface area (Å²) in [4.78, 5) is 16.7. The van der Waals surface area contributed by atoms with E-state index >= 15 is 0 Å². The number of carbonyl (C=O) groups excluding carboxylic acids is 1. The van der Waals surface area contributed by atoms with Crippen LogP contribution in [-0.2, 0) is 11.2 Å². The van der Waals surface area contributed by atoms with Gasteiger partial charge in [-0.25, -0.2) is 4.98 Å². The van der Waals surface area contributed by atoms with Gasteiger partial charge in [0.1, 0.15) is 5.01 Å². The molecule has 3 rings (SSSR count). The lowest BCUT2D eigenvalue weighted by Gasteiger charge is -2.03. The maximum Gasteiger partial charge on any atom is 0.230 e. The van der Waals surface area contributed by atoms with Crippen LogP contribution in [0.3, 0.4) is 0 Å². The second kappa shape index (κ2) is 7.06. The quantitative estimate of drug-likeness (QED) is 0.680. The molecule has 0 fully saturated rings. The summed E-state index contributed by atoms with van der Waals surface area (Å²) in [7, 11) is 0. The van der Waals surface area contributed by atoms with Crippen LogP contribution >= 0.6 is 27.3 Å². The summed E-state index contributed by atoms with van der Waals surface area (Å²) < 4.78 is 0.984. The summed E-state index contributed by atoms with van der Waals surface area (Å²) in [6, 6.07) is 15.8. The second-order valence-corrected chi connectivity index (χ2v) is 7.02. The van der Waals surface area contributed by atoms with Crippen LogP contribution in [0.25, 0.3) is 10.6 Å². The van der Waals surface area contributed by atoms with Crippen molar-refractivity contribution in [2.24, 2.45) is 0 Å². The van der Waals surface area contributed by atoms with Gasteiger partial charge >= 0.3 is 0 Å². The van der Waals surface area contributed by atoms with E-state index in [1.807, 2.05) is 29.6 Å². The van der Waals surface area contributed by atoms with Crippen molar-refractivity contribution in [3.8, 4) is 10.6 Å². The molecule has 3 aromatic rings. The standard InChI is InChI=1S/C18H15BrN2OS/c1-12-2-4-13(5-3-12)18-21-16(11-23-18)10-17(22)20-15-8-6-14(19)7-9-15/h2-9,11H,10H2,1H3,(H,20,22). The van der Waals surface area contributed by atoms with Gasteiger partial charge in [-0.15, -0.1) is 11.3 Å². The van der Waals surface area contributed by atoms with Gasteiger partial charge in [0.05, 0.1) is 12.1 Å². The van der Waals surface area contributed by atoms with Gasteiger partial charge in [-0.2, -0.15) is 0 Å². The molecule has 1 N–H and O–H groups in total. The average molecular weight is 387 g/mol. The maximum absolute atomic E-state index is 12.1. The Kier molecular flexibility index (Phi) is 4.88. The van der Waals surface area contributed by atoms with Gasteiger partial charge in [-0.05, 0) is 31.2 Å². The van der Waals surface area contributed by atoms with Crippen LogP contribution in [0.4, 0.5) is 5.69 Å². The van der Waals surface area contributed by atoms with E-state index in [9.17, 15) is 4.79 Å². The van der Waals surface area contributed by atoms with Gasteiger partial charge < -0.3 is 5.32 Å². The number of nitrogens with zero attached hydrogens (tertiary/aromatic N) is 1. The molecule has 0 unspecified atom stereocenters.